The van der Waals surface area contributed by atoms with Crippen molar-refractivity contribution in [1.82, 2.24) is 15.0 Å². The van der Waals surface area contributed by atoms with Crippen LogP contribution in [-0.4, -0.2) is 53.5 Å². The fourth-order valence-corrected chi connectivity index (χ4v) is 4.60. The van der Waals surface area contributed by atoms with Gasteiger partial charge in [0.15, 0.2) is 17.2 Å². The van der Waals surface area contributed by atoms with E-state index in [9.17, 15) is 14.4 Å². The summed E-state index contributed by atoms with van der Waals surface area (Å²) >= 11 is 0. The molecular formula is C31H48N4O7. The molecule has 0 unspecified atom stereocenters. The molecule has 0 atom stereocenters. The highest BCUT2D eigenvalue weighted by Crippen LogP contribution is 2.33. The number of methoxy groups -OCH3 is 2. The van der Waals surface area contributed by atoms with Crippen LogP contribution in [0, 0.1) is 0 Å². The van der Waals surface area contributed by atoms with Crippen LogP contribution in [0.3, 0.4) is 0 Å². The maximum absolute atomic E-state index is 13.4. The number of carbonyl (C=O) groups is 3. The summed E-state index contributed by atoms with van der Waals surface area (Å²) in [7, 11) is 2.87. The molecule has 1 aromatic carbocycles. The third kappa shape index (κ3) is 11.3. The second kappa shape index (κ2) is 19.5. The number of ether oxygens (including phenoxy) is 4. The summed E-state index contributed by atoms with van der Waals surface area (Å²) in [5.74, 6) is -1.27. The Bertz CT molecular complexity index is 1130. The fraction of sp³-hybridized carbons (Fsp3) is 0.645. The van der Waals surface area contributed by atoms with E-state index in [2.05, 4.69) is 17.1 Å². The van der Waals surface area contributed by atoms with Gasteiger partial charge in [-0.3, -0.25) is 9.59 Å². The first-order valence-electron chi connectivity index (χ1n) is 15.2. The average molecular weight is 589 g/mol. The minimum absolute atomic E-state index is 0.0460. The number of rotatable bonds is 22. The molecule has 0 saturated heterocycles. The van der Waals surface area contributed by atoms with Gasteiger partial charge in [-0.2, -0.15) is 0 Å². The van der Waals surface area contributed by atoms with Crippen LogP contribution in [0.2, 0.25) is 0 Å². The van der Waals surface area contributed by atoms with E-state index in [-0.39, 0.29) is 48.1 Å². The number of carbonyl (C=O) groups excluding carboxylic acids is 3. The normalized spacial score (nSPS) is 10.9. The van der Waals surface area contributed by atoms with E-state index in [4.69, 9.17) is 24.7 Å². The molecule has 0 amide bonds. The van der Waals surface area contributed by atoms with Gasteiger partial charge in [-0.05, 0) is 19.4 Å². The summed E-state index contributed by atoms with van der Waals surface area (Å²) in [6.07, 6.45) is 16.1. The van der Waals surface area contributed by atoms with E-state index >= 15 is 0 Å². The van der Waals surface area contributed by atoms with Gasteiger partial charge in [-0.25, -0.2) is 4.79 Å². The Kier molecular flexibility index (Phi) is 16.0. The standard InChI is InChI=1S/C31H48N4O7/c1-5-7-8-9-10-11-12-13-14-15-16-17-18-19-27(36)42-22-35-33-28(29(34-35)31(38)41-6-2)30(37)23-20-25(39-3)26(40-4)21-24(23)32/h20-21H,5-19,22,32H2,1-4H3. The van der Waals surface area contributed by atoms with Crippen molar-refractivity contribution in [2.45, 2.75) is 110 Å². The molecule has 11 nitrogen and oxygen atoms in total. The first-order chi connectivity index (χ1) is 20.4. The number of nitrogen functional groups attached to an aromatic ring is 1. The molecule has 0 spiro atoms. The summed E-state index contributed by atoms with van der Waals surface area (Å²) in [5, 5.41) is 8.18. The molecule has 1 aromatic heterocycles. The molecule has 2 aromatic rings. The summed E-state index contributed by atoms with van der Waals surface area (Å²) in [6.45, 7) is 3.60. The smallest absolute Gasteiger partial charge is 0.361 e. The number of benzene rings is 1. The fourth-order valence-electron chi connectivity index (χ4n) is 4.60. The van der Waals surface area contributed by atoms with Gasteiger partial charge in [-0.1, -0.05) is 84.0 Å². The van der Waals surface area contributed by atoms with Crippen LogP contribution in [0.4, 0.5) is 5.69 Å². The van der Waals surface area contributed by atoms with Crippen LogP contribution in [0.15, 0.2) is 12.1 Å². The van der Waals surface area contributed by atoms with Crippen LogP contribution < -0.4 is 15.2 Å². The monoisotopic (exact) mass is 588 g/mol. The molecule has 11 heteroatoms. The second-order valence-electron chi connectivity index (χ2n) is 10.3. The molecule has 42 heavy (non-hydrogen) atoms. The Morgan fingerprint density at radius 2 is 1.26 bits per heavy atom. The topological polar surface area (TPSA) is 145 Å². The molecule has 0 radical (unpaired) electrons. The van der Waals surface area contributed by atoms with Gasteiger partial charge in [0.25, 0.3) is 0 Å². The lowest BCUT2D eigenvalue weighted by Gasteiger charge is -2.11. The molecule has 0 aliphatic heterocycles. The third-order valence-electron chi connectivity index (χ3n) is 6.96. The minimum atomic E-state index is -0.829. The zero-order valence-corrected chi connectivity index (χ0v) is 25.7. The second-order valence-corrected chi connectivity index (χ2v) is 10.3. The SMILES string of the molecule is CCCCCCCCCCCCCCCC(=O)OCn1nc(C(=O)OCC)c(C(=O)c2cc(OC)c(OC)cc2N)n1. The molecule has 2 N–H and O–H groups in total. The molecule has 1 heterocycles. The molecule has 0 aliphatic carbocycles. The summed E-state index contributed by atoms with van der Waals surface area (Å²) in [4.78, 5) is 39.2. The largest absolute Gasteiger partial charge is 0.493 e. The maximum Gasteiger partial charge on any atom is 0.361 e. The van der Waals surface area contributed by atoms with E-state index < -0.39 is 17.7 Å². The summed E-state index contributed by atoms with van der Waals surface area (Å²) < 4.78 is 20.8. The van der Waals surface area contributed by atoms with Crippen LogP contribution >= 0.6 is 0 Å². The van der Waals surface area contributed by atoms with Crippen molar-refractivity contribution < 1.29 is 33.3 Å². The number of esters is 2. The highest BCUT2D eigenvalue weighted by molar-refractivity contribution is 6.15. The van der Waals surface area contributed by atoms with E-state index in [0.717, 1.165) is 24.1 Å². The average Bonchev–Trinajstić information content (AvgIpc) is 3.42. The lowest BCUT2D eigenvalue weighted by molar-refractivity contribution is -0.148. The number of nitrogens with two attached hydrogens (primary N) is 1. The van der Waals surface area contributed by atoms with Gasteiger partial charge in [0.05, 0.1) is 26.4 Å². The number of hydrogen-bond donors (Lipinski definition) is 1. The summed E-state index contributed by atoms with van der Waals surface area (Å²) in [5.41, 5.74) is 5.64. The molecule has 0 fully saturated rings. The lowest BCUT2D eigenvalue weighted by atomic mass is 10.0. The number of aromatic nitrogens is 3. The van der Waals surface area contributed by atoms with Crippen LogP contribution in [0.25, 0.3) is 0 Å². The van der Waals surface area contributed by atoms with Gasteiger partial charge in [0.1, 0.15) is 0 Å². The van der Waals surface area contributed by atoms with Crippen molar-refractivity contribution in [1.29, 1.82) is 0 Å². The van der Waals surface area contributed by atoms with Crippen LogP contribution in [0.1, 0.15) is 130 Å². The molecule has 0 saturated carbocycles. The van der Waals surface area contributed by atoms with E-state index in [0.29, 0.717) is 5.75 Å². The number of nitrogens with zero attached hydrogens (tertiary/aromatic N) is 3. The Morgan fingerprint density at radius 1 is 0.738 bits per heavy atom. The van der Waals surface area contributed by atoms with Gasteiger partial charge in [0.2, 0.25) is 18.2 Å². The van der Waals surface area contributed by atoms with Gasteiger partial charge in [0, 0.05) is 18.2 Å². The zero-order chi connectivity index (χ0) is 30.7. The van der Waals surface area contributed by atoms with Crippen molar-refractivity contribution >= 4 is 23.4 Å². The summed E-state index contributed by atoms with van der Waals surface area (Å²) in [6, 6.07) is 2.85. The number of unbranched alkanes of at least 4 members (excludes halogenated alkanes) is 12. The number of ketones is 1. The van der Waals surface area contributed by atoms with Crippen molar-refractivity contribution in [2.24, 2.45) is 0 Å². The first-order valence-corrected chi connectivity index (χ1v) is 15.2. The molecule has 0 aliphatic rings. The molecule has 234 valence electrons. The van der Waals surface area contributed by atoms with E-state index in [1.807, 2.05) is 0 Å². The Hall–Kier alpha value is -3.63. The number of hydrogen-bond acceptors (Lipinski definition) is 10. The zero-order valence-electron chi connectivity index (χ0n) is 25.7. The molecular weight excluding hydrogens is 540 g/mol. The van der Waals surface area contributed by atoms with Gasteiger partial charge < -0.3 is 24.7 Å². The Morgan fingerprint density at radius 3 is 1.81 bits per heavy atom. The van der Waals surface area contributed by atoms with E-state index in [1.165, 1.54) is 90.6 Å². The Labute approximate surface area is 249 Å². The quantitative estimate of drug-likeness (QED) is 0.0723. The van der Waals surface area contributed by atoms with Crippen molar-refractivity contribution in [3.8, 4) is 11.5 Å². The van der Waals surface area contributed by atoms with Gasteiger partial charge >= 0.3 is 11.9 Å². The Balaban J connectivity index is 1.84. The first kappa shape index (κ1) is 34.6. The molecule has 2 rings (SSSR count). The highest BCUT2D eigenvalue weighted by Gasteiger charge is 2.28. The predicted molar refractivity (Wildman–Crippen MR) is 160 cm³/mol. The van der Waals surface area contributed by atoms with Crippen molar-refractivity contribution in [3.05, 3.63) is 29.1 Å². The predicted octanol–water partition coefficient (Wildman–Crippen LogP) is 6.27. The van der Waals surface area contributed by atoms with Crippen LogP contribution in [0.5, 0.6) is 11.5 Å². The highest BCUT2D eigenvalue weighted by atomic mass is 16.5. The van der Waals surface area contributed by atoms with Crippen molar-refractivity contribution in [2.75, 3.05) is 26.6 Å². The van der Waals surface area contributed by atoms with Gasteiger partial charge in [-0.15, -0.1) is 15.0 Å². The minimum Gasteiger partial charge on any atom is -0.493 e. The van der Waals surface area contributed by atoms with Crippen molar-refractivity contribution in [3.63, 3.8) is 0 Å². The maximum atomic E-state index is 13.4. The van der Waals surface area contributed by atoms with E-state index in [1.54, 1.807) is 6.92 Å². The molecule has 0 bridgehead atoms. The lowest BCUT2D eigenvalue weighted by Crippen LogP contribution is -2.14. The van der Waals surface area contributed by atoms with Crippen LogP contribution in [-0.2, 0) is 21.0 Å². The number of anilines is 1. The third-order valence-corrected chi connectivity index (χ3v) is 6.96.